The van der Waals surface area contributed by atoms with Crippen LogP contribution >= 0.6 is 0 Å². The molecule has 0 unspecified atom stereocenters. The average molecular weight is 429 g/mol. The van der Waals surface area contributed by atoms with Crippen molar-refractivity contribution >= 4 is 23.5 Å². The van der Waals surface area contributed by atoms with E-state index in [1.54, 1.807) is 4.90 Å². The molecule has 0 aliphatic carbocycles. The molecule has 0 bridgehead atoms. The van der Waals surface area contributed by atoms with Crippen LogP contribution < -0.4 is 15.1 Å². The minimum absolute atomic E-state index is 0.0623. The number of nitrogens with one attached hydrogen (secondary N) is 1. The number of amides is 2. The third kappa shape index (κ3) is 3.72. The van der Waals surface area contributed by atoms with Crippen LogP contribution in [0.1, 0.15) is 58.6 Å². The quantitative estimate of drug-likeness (QED) is 0.781. The van der Waals surface area contributed by atoms with E-state index >= 15 is 0 Å². The molecular weight excluding hydrogens is 396 g/mol. The number of hydrazone groups is 1. The summed E-state index contributed by atoms with van der Waals surface area (Å²) in [6.07, 6.45) is -0.262. The summed E-state index contributed by atoms with van der Waals surface area (Å²) < 4.78 is 11.4. The van der Waals surface area contributed by atoms with Gasteiger partial charge in [-0.3, -0.25) is 4.79 Å². The lowest BCUT2D eigenvalue weighted by Gasteiger charge is -2.51. The maximum atomic E-state index is 12.4. The van der Waals surface area contributed by atoms with Crippen LogP contribution in [0.3, 0.4) is 0 Å². The Morgan fingerprint density at radius 1 is 1.35 bits per heavy atom. The van der Waals surface area contributed by atoms with Crippen LogP contribution in [0.4, 0.5) is 10.5 Å². The van der Waals surface area contributed by atoms with Crippen molar-refractivity contribution in [2.45, 2.75) is 66.0 Å². The van der Waals surface area contributed by atoms with E-state index in [-0.39, 0.29) is 29.4 Å². The summed E-state index contributed by atoms with van der Waals surface area (Å²) >= 11 is 0. The van der Waals surface area contributed by atoms with Gasteiger partial charge in [0.2, 0.25) is 0 Å². The van der Waals surface area contributed by atoms with Crippen LogP contribution in [0.15, 0.2) is 17.2 Å². The fraction of sp³-hybridized carbons (Fsp3) is 0.609. The summed E-state index contributed by atoms with van der Waals surface area (Å²) in [6, 6.07) is 3.81. The largest absolute Gasteiger partial charge is 0.483 e. The van der Waals surface area contributed by atoms with E-state index in [9.17, 15) is 9.59 Å². The first-order valence-corrected chi connectivity index (χ1v) is 10.8. The molecule has 31 heavy (non-hydrogen) atoms. The molecule has 2 amide bonds. The molecule has 168 valence electrons. The summed E-state index contributed by atoms with van der Waals surface area (Å²) in [7, 11) is 0. The Morgan fingerprint density at radius 3 is 2.68 bits per heavy atom. The number of anilines is 1. The summed E-state index contributed by atoms with van der Waals surface area (Å²) in [5.41, 5.74) is 5.19. The number of carbonyl (C=O) groups is 2. The highest BCUT2D eigenvalue weighted by atomic mass is 16.6. The second kappa shape index (κ2) is 7.14. The van der Waals surface area contributed by atoms with Gasteiger partial charge in [-0.25, -0.2) is 10.2 Å². The van der Waals surface area contributed by atoms with Crippen LogP contribution in [0.5, 0.6) is 5.75 Å². The molecule has 1 N–H and O–H groups in total. The number of nitrogens with zero attached hydrogens (tertiary/aromatic N) is 3. The van der Waals surface area contributed by atoms with Gasteiger partial charge in [-0.2, -0.15) is 5.10 Å². The summed E-state index contributed by atoms with van der Waals surface area (Å²) in [5, 5.41) is 4.17. The van der Waals surface area contributed by atoms with E-state index in [1.165, 1.54) is 5.56 Å². The van der Waals surface area contributed by atoms with Gasteiger partial charge in [-0.1, -0.05) is 13.8 Å². The molecule has 0 spiro atoms. The topological polar surface area (TPSA) is 83.5 Å². The Balaban J connectivity index is 1.59. The van der Waals surface area contributed by atoms with E-state index in [1.807, 2.05) is 38.7 Å². The van der Waals surface area contributed by atoms with Crippen LogP contribution in [0.2, 0.25) is 0 Å². The van der Waals surface area contributed by atoms with Gasteiger partial charge in [-0.05, 0) is 63.8 Å². The van der Waals surface area contributed by atoms with Crippen molar-refractivity contribution in [2.24, 2.45) is 10.5 Å². The van der Waals surface area contributed by atoms with Crippen molar-refractivity contribution in [3.05, 3.63) is 23.3 Å². The van der Waals surface area contributed by atoms with Gasteiger partial charge in [0.1, 0.15) is 24.0 Å². The lowest BCUT2D eigenvalue weighted by molar-refractivity contribution is -0.122. The van der Waals surface area contributed by atoms with Gasteiger partial charge in [0.15, 0.2) is 5.84 Å². The minimum atomic E-state index is -0.500. The zero-order chi connectivity index (χ0) is 22.7. The maximum Gasteiger partial charge on any atom is 0.410 e. The molecule has 3 heterocycles. The van der Waals surface area contributed by atoms with Crippen molar-refractivity contribution in [1.82, 2.24) is 10.3 Å². The molecular formula is C23H32N4O4. The Bertz CT molecular complexity index is 959. The molecule has 1 fully saturated rings. The third-order valence-electron chi connectivity index (χ3n) is 6.57. The van der Waals surface area contributed by atoms with Crippen LogP contribution in [-0.2, 0) is 9.53 Å². The standard InChI is InChI=1S/C23H32N4O4/c1-13-8-18-17(27-15(3)20(28)25-24-19(27)10-30-18)9-16(13)14(2)23(7)11-26(12-23)21(29)31-22(4,5)6/h8-9,14-15H,10-12H2,1-7H3,(H,25,28)/t14-,15-/m1/s1. The molecule has 2 atom stereocenters. The molecule has 0 radical (unpaired) electrons. The first-order chi connectivity index (χ1) is 14.4. The number of likely N-dealkylation sites (tertiary alicyclic amines) is 1. The van der Waals surface area contributed by atoms with Crippen molar-refractivity contribution in [2.75, 3.05) is 24.6 Å². The van der Waals surface area contributed by atoms with Gasteiger partial charge >= 0.3 is 6.09 Å². The Kier molecular flexibility index (Phi) is 4.94. The normalized spacial score (nSPS) is 22.9. The second-order valence-electron chi connectivity index (χ2n) is 10.2. The molecule has 3 aliphatic rings. The number of aryl methyl sites for hydroxylation is 1. The number of amidine groups is 1. The second-order valence-corrected chi connectivity index (χ2v) is 10.2. The summed E-state index contributed by atoms with van der Waals surface area (Å²) in [5.74, 6) is 1.54. The number of hydrogen-bond donors (Lipinski definition) is 1. The molecule has 3 aliphatic heterocycles. The summed E-state index contributed by atoms with van der Waals surface area (Å²) in [6.45, 7) is 15.6. The molecule has 1 aromatic rings. The zero-order valence-electron chi connectivity index (χ0n) is 19.4. The first-order valence-electron chi connectivity index (χ1n) is 10.8. The number of benzene rings is 1. The highest BCUT2D eigenvalue weighted by Gasteiger charge is 2.47. The van der Waals surface area contributed by atoms with Crippen molar-refractivity contribution in [3.8, 4) is 5.75 Å². The van der Waals surface area contributed by atoms with Crippen LogP contribution in [-0.4, -0.2) is 54.1 Å². The van der Waals surface area contributed by atoms with Crippen LogP contribution in [0, 0.1) is 12.3 Å². The lowest BCUT2D eigenvalue weighted by Crippen LogP contribution is -2.60. The molecule has 4 rings (SSSR count). The number of carbonyl (C=O) groups excluding carboxylic acids is 2. The third-order valence-corrected chi connectivity index (χ3v) is 6.57. The molecule has 1 saturated heterocycles. The SMILES string of the molecule is Cc1cc2c(cc1[C@@H](C)C1(C)CN(C(=O)OC(C)(C)C)C1)N1C(=NNC(=O)[C@H]1C)CO2. The highest BCUT2D eigenvalue weighted by molar-refractivity contribution is 6.09. The predicted octanol–water partition coefficient (Wildman–Crippen LogP) is 3.39. The maximum absolute atomic E-state index is 12.4. The molecule has 0 saturated carbocycles. The van der Waals surface area contributed by atoms with Crippen LogP contribution in [0.25, 0.3) is 0 Å². The Morgan fingerprint density at radius 2 is 2.03 bits per heavy atom. The molecule has 8 nitrogen and oxygen atoms in total. The number of ether oxygens (including phenoxy) is 2. The molecule has 1 aromatic carbocycles. The van der Waals surface area contributed by atoms with E-state index in [0.29, 0.717) is 25.5 Å². The molecule has 8 heteroatoms. The number of fused-ring (bicyclic) bond motifs is 3. The highest BCUT2D eigenvalue weighted by Crippen LogP contribution is 2.47. The fourth-order valence-electron chi connectivity index (χ4n) is 4.59. The number of rotatable bonds is 2. The van der Waals surface area contributed by atoms with E-state index in [2.05, 4.69) is 37.4 Å². The van der Waals surface area contributed by atoms with Gasteiger partial charge in [0.05, 0.1) is 5.69 Å². The molecule has 0 aromatic heterocycles. The van der Waals surface area contributed by atoms with Crippen molar-refractivity contribution in [3.63, 3.8) is 0 Å². The van der Waals surface area contributed by atoms with Gasteiger partial charge in [0.25, 0.3) is 5.91 Å². The summed E-state index contributed by atoms with van der Waals surface area (Å²) in [4.78, 5) is 28.3. The average Bonchev–Trinajstić information content (AvgIpc) is 2.65. The van der Waals surface area contributed by atoms with Gasteiger partial charge in [0, 0.05) is 18.5 Å². The minimum Gasteiger partial charge on any atom is -0.483 e. The van der Waals surface area contributed by atoms with Gasteiger partial charge < -0.3 is 19.3 Å². The van der Waals surface area contributed by atoms with Crippen molar-refractivity contribution < 1.29 is 19.1 Å². The smallest absolute Gasteiger partial charge is 0.410 e. The Labute approximate surface area is 183 Å². The van der Waals surface area contributed by atoms with E-state index in [0.717, 1.165) is 17.0 Å². The lowest BCUT2D eigenvalue weighted by atomic mass is 9.68. The first kappa shape index (κ1) is 21.5. The fourth-order valence-corrected chi connectivity index (χ4v) is 4.59. The predicted molar refractivity (Wildman–Crippen MR) is 119 cm³/mol. The number of hydrogen-bond acceptors (Lipinski definition) is 6. The van der Waals surface area contributed by atoms with Crippen molar-refractivity contribution in [1.29, 1.82) is 0 Å². The monoisotopic (exact) mass is 428 g/mol. The van der Waals surface area contributed by atoms with E-state index in [4.69, 9.17) is 9.47 Å². The zero-order valence-corrected chi connectivity index (χ0v) is 19.4. The Hall–Kier alpha value is -2.77. The van der Waals surface area contributed by atoms with Gasteiger partial charge in [-0.15, -0.1) is 0 Å². The van der Waals surface area contributed by atoms with E-state index < -0.39 is 5.60 Å².